The van der Waals surface area contributed by atoms with Crippen LogP contribution < -0.4 is 5.32 Å². The van der Waals surface area contributed by atoms with Gasteiger partial charge in [-0.3, -0.25) is 0 Å². The molecule has 0 amide bonds. The van der Waals surface area contributed by atoms with Crippen molar-refractivity contribution in [3.05, 3.63) is 0 Å². The minimum Gasteiger partial charge on any atom is -0.360 e. The molecule has 0 atom stereocenters. The van der Waals surface area contributed by atoms with Crippen LogP contribution in [0.15, 0.2) is 0 Å². The summed E-state index contributed by atoms with van der Waals surface area (Å²) in [5, 5.41) is 4.36. The SMILES string of the molecule is CN1CCC(N(C)C(=S)NC2CC2)CC1. The number of rotatable bonds is 2. The summed E-state index contributed by atoms with van der Waals surface area (Å²) in [6.07, 6.45) is 5.06. The number of nitrogens with zero attached hydrogens (tertiary/aromatic N) is 2. The Morgan fingerprint density at radius 3 is 2.40 bits per heavy atom. The average molecular weight is 227 g/mol. The summed E-state index contributed by atoms with van der Waals surface area (Å²) in [5.41, 5.74) is 0. The highest BCUT2D eigenvalue weighted by Crippen LogP contribution is 2.20. The molecule has 0 aromatic rings. The van der Waals surface area contributed by atoms with Gasteiger partial charge in [0.1, 0.15) is 0 Å². The van der Waals surface area contributed by atoms with E-state index in [1.807, 2.05) is 0 Å². The maximum Gasteiger partial charge on any atom is 0.169 e. The fourth-order valence-electron chi connectivity index (χ4n) is 2.05. The van der Waals surface area contributed by atoms with Crippen LogP contribution in [0.5, 0.6) is 0 Å². The van der Waals surface area contributed by atoms with E-state index in [1.54, 1.807) is 0 Å². The fraction of sp³-hybridized carbons (Fsp3) is 0.909. The standard InChI is InChI=1S/C11H21N3S/c1-13-7-5-10(6-8-13)14(2)11(15)12-9-3-4-9/h9-10H,3-8H2,1-2H3,(H,12,15). The summed E-state index contributed by atoms with van der Waals surface area (Å²) in [6.45, 7) is 2.39. The molecule has 86 valence electrons. The molecule has 2 aliphatic rings. The molecule has 0 aromatic carbocycles. The monoisotopic (exact) mass is 227 g/mol. The number of hydrogen-bond acceptors (Lipinski definition) is 2. The first-order chi connectivity index (χ1) is 7.16. The fourth-order valence-corrected chi connectivity index (χ4v) is 2.37. The normalized spacial score (nSPS) is 23.9. The van der Waals surface area contributed by atoms with Crippen LogP contribution in [0.3, 0.4) is 0 Å². The number of likely N-dealkylation sites (tertiary alicyclic amines) is 1. The second kappa shape index (κ2) is 4.66. The lowest BCUT2D eigenvalue weighted by molar-refractivity contribution is 0.191. The van der Waals surface area contributed by atoms with Crippen LogP contribution in [0.1, 0.15) is 25.7 Å². The van der Waals surface area contributed by atoms with Crippen LogP contribution >= 0.6 is 12.2 Å². The Morgan fingerprint density at radius 2 is 1.87 bits per heavy atom. The third kappa shape index (κ3) is 3.05. The van der Waals surface area contributed by atoms with Crippen LogP contribution in [0, 0.1) is 0 Å². The Morgan fingerprint density at radius 1 is 1.27 bits per heavy atom. The minimum absolute atomic E-state index is 0.639. The molecular formula is C11H21N3S. The number of thiocarbonyl (C=S) groups is 1. The number of piperidine rings is 1. The van der Waals surface area contributed by atoms with E-state index in [0.29, 0.717) is 12.1 Å². The zero-order valence-electron chi connectivity index (χ0n) is 9.70. The van der Waals surface area contributed by atoms with Crippen molar-refractivity contribution in [2.45, 2.75) is 37.8 Å². The maximum absolute atomic E-state index is 5.40. The molecule has 0 bridgehead atoms. The van der Waals surface area contributed by atoms with Gasteiger partial charge in [0.15, 0.2) is 5.11 Å². The molecule has 3 nitrogen and oxygen atoms in total. The lowest BCUT2D eigenvalue weighted by Crippen LogP contribution is -2.48. The lowest BCUT2D eigenvalue weighted by Gasteiger charge is -2.36. The van der Waals surface area contributed by atoms with Crippen LogP contribution in [-0.2, 0) is 0 Å². The second-order valence-corrected chi connectivity index (χ2v) is 5.26. The van der Waals surface area contributed by atoms with Crippen molar-refractivity contribution < 1.29 is 0 Å². The third-order valence-corrected chi connectivity index (χ3v) is 3.87. The van der Waals surface area contributed by atoms with Gasteiger partial charge >= 0.3 is 0 Å². The first kappa shape index (κ1) is 11.1. The summed E-state index contributed by atoms with van der Waals surface area (Å²) >= 11 is 5.40. The highest BCUT2D eigenvalue weighted by atomic mass is 32.1. The van der Waals surface area contributed by atoms with E-state index in [9.17, 15) is 0 Å². The van der Waals surface area contributed by atoms with Crippen LogP contribution in [0.2, 0.25) is 0 Å². The molecule has 1 aliphatic heterocycles. The number of hydrogen-bond donors (Lipinski definition) is 1. The smallest absolute Gasteiger partial charge is 0.169 e. The van der Waals surface area contributed by atoms with Crippen LogP contribution in [0.4, 0.5) is 0 Å². The van der Waals surface area contributed by atoms with E-state index < -0.39 is 0 Å². The van der Waals surface area contributed by atoms with Gasteiger partial charge in [-0.05, 0) is 58.0 Å². The summed E-state index contributed by atoms with van der Waals surface area (Å²) in [5.74, 6) is 0. The zero-order valence-corrected chi connectivity index (χ0v) is 10.5. The van der Waals surface area contributed by atoms with E-state index in [-0.39, 0.29) is 0 Å². The van der Waals surface area contributed by atoms with E-state index in [2.05, 4.69) is 29.2 Å². The molecule has 1 N–H and O–H groups in total. The molecule has 1 saturated heterocycles. The van der Waals surface area contributed by atoms with E-state index in [0.717, 1.165) is 5.11 Å². The maximum atomic E-state index is 5.40. The molecule has 0 aromatic heterocycles. The van der Waals surface area contributed by atoms with Gasteiger partial charge < -0.3 is 15.1 Å². The van der Waals surface area contributed by atoms with Gasteiger partial charge in [-0.2, -0.15) is 0 Å². The van der Waals surface area contributed by atoms with Crippen molar-refractivity contribution in [1.82, 2.24) is 15.1 Å². The van der Waals surface area contributed by atoms with Crippen molar-refractivity contribution in [3.8, 4) is 0 Å². The molecule has 1 heterocycles. The number of nitrogens with one attached hydrogen (secondary N) is 1. The molecule has 2 rings (SSSR count). The molecule has 0 spiro atoms. The summed E-state index contributed by atoms with van der Waals surface area (Å²) in [4.78, 5) is 4.66. The van der Waals surface area contributed by atoms with Gasteiger partial charge in [-0.15, -0.1) is 0 Å². The second-order valence-electron chi connectivity index (χ2n) is 4.87. The van der Waals surface area contributed by atoms with Crippen molar-refractivity contribution in [3.63, 3.8) is 0 Å². The van der Waals surface area contributed by atoms with Crippen LogP contribution in [-0.4, -0.2) is 54.2 Å². The van der Waals surface area contributed by atoms with Crippen molar-refractivity contribution in [1.29, 1.82) is 0 Å². The Kier molecular flexibility index (Phi) is 3.46. The predicted molar refractivity (Wildman–Crippen MR) is 67.0 cm³/mol. The van der Waals surface area contributed by atoms with Gasteiger partial charge in [0.05, 0.1) is 0 Å². The molecular weight excluding hydrogens is 206 g/mol. The third-order valence-electron chi connectivity index (χ3n) is 3.46. The van der Waals surface area contributed by atoms with E-state index >= 15 is 0 Å². The summed E-state index contributed by atoms with van der Waals surface area (Å²) in [7, 11) is 4.32. The lowest BCUT2D eigenvalue weighted by atomic mass is 10.0. The molecule has 15 heavy (non-hydrogen) atoms. The summed E-state index contributed by atoms with van der Waals surface area (Å²) in [6, 6.07) is 1.31. The Bertz CT molecular complexity index is 232. The first-order valence-corrected chi connectivity index (χ1v) is 6.29. The van der Waals surface area contributed by atoms with Gasteiger partial charge in [-0.1, -0.05) is 0 Å². The highest BCUT2D eigenvalue weighted by Gasteiger charge is 2.26. The van der Waals surface area contributed by atoms with Crippen molar-refractivity contribution >= 4 is 17.3 Å². The molecule has 0 unspecified atom stereocenters. The highest BCUT2D eigenvalue weighted by molar-refractivity contribution is 7.80. The Labute approximate surface area is 97.8 Å². The first-order valence-electron chi connectivity index (χ1n) is 5.88. The molecule has 1 aliphatic carbocycles. The van der Waals surface area contributed by atoms with Crippen molar-refractivity contribution in [2.24, 2.45) is 0 Å². The van der Waals surface area contributed by atoms with Gasteiger partial charge in [0.2, 0.25) is 0 Å². The van der Waals surface area contributed by atoms with E-state index in [4.69, 9.17) is 12.2 Å². The van der Waals surface area contributed by atoms with Crippen molar-refractivity contribution in [2.75, 3.05) is 27.2 Å². The van der Waals surface area contributed by atoms with Gasteiger partial charge in [-0.25, -0.2) is 0 Å². The van der Waals surface area contributed by atoms with Gasteiger partial charge in [0, 0.05) is 19.1 Å². The molecule has 2 fully saturated rings. The largest absolute Gasteiger partial charge is 0.360 e. The topological polar surface area (TPSA) is 18.5 Å². The van der Waals surface area contributed by atoms with Crippen LogP contribution in [0.25, 0.3) is 0 Å². The quantitative estimate of drug-likeness (QED) is 0.711. The Balaban J connectivity index is 1.78. The molecule has 0 radical (unpaired) electrons. The predicted octanol–water partition coefficient (Wildman–Crippen LogP) is 1.05. The Hall–Kier alpha value is -0.350. The van der Waals surface area contributed by atoms with Gasteiger partial charge in [0.25, 0.3) is 0 Å². The average Bonchev–Trinajstić information content (AvgIpc) is 3.02. The van der Waals surface area contributed by atoms with E-state index in [1.165, 1.54) is 38.8 Å². The summed E-state index contributed by atoms with van der Waals surface area (Å²) < 4.78 is 0. The minimum atomic E-state index is 0.639. The zero-order chi connectivity index (χ0) is 10.8. The molecule has 1 saturated carbocycles. The molecule has 4 heteroatoms.